The van der Waals surface area contributed by atoms with Crippen molar-refractivity contribution in [3.63, 3.8) is 0 Å². The van der Waals surface area contributed by atoms with Gasteiger partial charge in [0.1, 0.15) is 5.75 Å². The number of aromatic nitrogens is 4. The first-order valence-electron chi connectivity index (χ1n) is 9.36. The minimum atomic E-state index is -0.246. The molecule has 0 unspecified atom stereocenters. The third kappa shape index (κ3) is 4.52. The molecular weight excluding hydrogens is 356 g/mol. The van der Waals surface area contributed by atoms with E-state index in [-0.39, 0.29) is 5.91 Å². The second-order valence-electron chi connectivity index (χ2n) is 6.67. The molecule has 3 aromatic rings. The van der Waals surface area contributed by atoms with Gasteiger partial charge in [0.15, 0.2) is 5.69 Å². The number of pyridine rings is 1. The van der Waals surface area contributed by atoms with Crippen molar-refractivity contribution in [3.05, 3.63) is 66.1 Å². The second-order valence-corrected chi connectivity index (χ2v) is 6.67. The molecule has 4 rings (SSSR count). The van der Waals surface area contributed by atoms with Crippen LogP contribution in [0.3, 0.4) is 0 Å². The maximum atomic E-state index is 12.3. The van der Waals surface area contributed by atoms with E-state index in [2.05, 4.69) is 25.9 Å². The largest absolute Gasteiger partial charge is 0.439 e. The highest BCUT2D eigenvalue weighted by Gasteiger charge is 2.18. The van der Waals surface area contributed by atoms with Gasteiger partial charge in [-0.1, -0.05) is 29.5 Å². The Morgan fingerprint density at radius 1 is 1.18 bits per heavy atom. The van der Waals surface area contributed by atoms with E-state index in [9.17, 15) is 4.79 Å². The summed E-state index contributed by atoms with van der Waals surface area (Å²) in [6.45, 7) is 2.28. The quantitative estimate of drug-likeness (QED) is 0.684. The zero-order chi connectivity index (χ0) is 19.2. The van der Waals surface area contributed by atoms with Crippen molar-refractivity contribution in [1.82, 2.24) is 30.6 Å². The van der Waals surface area contributed by atoms with Gasteiger partial charge in [0.2, 0.25) is 5.88 Å². The molecule has 1 aromatic carbocycles. The first kappa shape index (κ1) is 18.1. The minimum Gasteiger partial charge on any atom is -0.439 e. The average Bonchev–Trinajstić information content (AvgIpc) is 3.25. The molecule has 2 aromatic heterocycles. The van der Waals surface area contributed by atoms with Crippen LogP contribution in [0.2, 0.25) is 0 Å². The Labute approximate surface area is 162 Å². The lowest BCUT2D eigenvalue weighted by Crippen LogP contribution is -2.29. The molecule has 8 heteroatoms. The second kappa shape index (κ2) is 8.62. The topological polar surface area (TPSA) is 94.0 Å². The molecule has 0 saturated carbocycles. The van der Waals surface area contributed by atoms with E-state index >= 15 is 0 Å². The van der Waals surface area contributed by atoms with Crippen molar-refractivity contribution in [2.24, 2.45) is 0 Å². The van der Waals surface area contributed by atoms with Crippen molar-refractivity contribution in [2.45, 2.75) is 25.4 Å². The van der Waals surface area contributed by atoms with Crippen LogP contribution in [0.4, 0.5) is 0 Å². The number of nitrogens with zero attached hydrogens (tertiary/aromatic N) is 4. The number of carbonyl (C=O) groups is 1. The average molecular weight is 378 g/mol. The molecule has 1 amide bonds. The van der Waals surface area contributed by atoms with Gasteiger partial charge < -0.3 is 15.4 Å². The highest BCUT2D eigenvalue weighted by Crippen LogP contribution is 2.19. The van der Waals surface area contributed by atoms with Crippen LogP contribution in [0.5, 0.6) is 11.6 Å². The van der Waals surface area contributed by atoms with Gasteiger partial charge in [0.05, 0.1) is 12.2 Å². The Balaban J connectivity index is 1.30. The summed E-state index contributed by atoms with van der Waals surface area (Å²) in [5, 5.41) is 14.3. The molecule has 0 bridgehead atoms. The normalized spacial score (nSPS) is 14.6. The fraction of sp³-hybridized carbons (Fsp3) is 0.300. The standard InChI is InChI=1S/C20H22N6O2/c27-20(18-14-26(25-24-18)16-8-10-21-11-9-16)23-13-15-6-7-19(22-12-15)28-17-4-2-1-3-5-17/h1-7,12,14,16,21H,8-11,13H2,(H,23,27). The van der Waals surface area contributed by atoms with Gasteiger partial charge in [-0.2, -0.15) is 0 Å². The lowest BCUT2D eigenvalue weighted by atomic mass is 10.1. The van der Waals surface area contributed by atoms with E-state index in [4.69, 9.17) is 4.74 Å². The van der Waals surface area contributed by atoms with E-state index in [1.807, 2.05) is 36.4 Å². The van der Waals surface area contributed by atoms with Gasteiger partial charge in [0, 0.05) is 18.8 Å². The summed E-state index contributed by atoms with van der Waals surface area (Å²) < 4.78 is 7.46. The highest BCUT2D eigenvalue weighted by atomic mass is 16.5. The highest BCUT2D eigenvalue weighted by molar-refractivity contribution is 5.91. The maximum Gasteiger partial charge on any atom is 0.273 e. The molecule has 0 spiro atoms. The number of hydrogen-bond acceptors (Lipinski definition) is 6. The summed E-state index contributed by atoms with van der Waals surface area (Å²) in [4.78, 5) is 16.6. The Bertz CT molecular complexity index is 904. The Morgan fingerprint density at radius 3 is 2.75 bits per heavy atom. The molecule has 1 fully saturated rings. The molecule has 144 valence electrons. The number of para-hydroxylation sites is 1. The SMILES string of the molecule is O=C(NCc1ccc(Oc2ccccc2)nc1)c1cn(C2CCNCC2)nn1. The summed E-state index contributed by atoms with van der Waals surface area (Å²) in [6.07, 6.45) is 5.39. The molecule has 0 radical (unpaired) electrons. The number of nitrogens with one attached hydrogen (secondary N) is 2. The van der Waals surface area contributed by atoms with Crippen LogP contribution < -0.4 is 15.4 Å². The number of carbonyl (C=O) groups excluding carboxylic acids is 1. The van der Waals surface area contributed by atoms with Gasteiger partial charge in [-0.3, -0.25) is 4.79 Å². The van der Waals surface area contributed by atoms with Crippen LogP contribution in [0.15, 0.2) is 54.9 Å². The van der Waals surface area contributed by atoms with E-state index < -0.39 is 0 Å². The molecule has 0 atom stereocenters. The van der Waals surface area contributed by atoms with Crippen molar-refractivity contribution in [2.75, 3.05) is 13.1 Å². The predicted molar refractivity (Wildman–Crippen MR) is 103 cm³/mol. The first-order valence-corrected chi connectivity index (χ1v) is 9.36. The molecular formula is C20H22N6O2. The van der Waals surface area contributed by atoms with Crippen molar-refractivity contribution in [3.8, 4) is 11.6 Å². The molecule has 3 heterocycles. The van der Waals surface area contributed by atoms with Crippen LogP contribution in [0, 0.1) is 0 Å². The van der Waals surface area contributed by atoms with Crippen molar-refractivity contribution in [1.29, 1.82) is 0 Å². The van der Waals surface area contributed by atoms with Crippen molar-refractivity contribution >= 4 is 5.91 Å². The van der Waals surface area contributed by atoms with Gasteiger partial charge >= 0.3 is 0 Å². The van der Waals surface area contributed by atoms with E-state index in [0.29, 0.717) is 24.2 Å². The Morgan fingerprint density at radius 2 is 2.00 bits per heavy atom. The Kier molecular flexibility index (Phi) is 5.58. The molecule has 28 heavy (non-hydrogen) atoms. The summed E-state index contributed by atoms with van der Waals surface area (Å²) >= 11 is 0. The molecule has 2 N–H and O–H groups in total. The summed E-state index contributed by atoms with van der Waals surface area (Å²) in [5.41, 5.74) is 1.20. The lowest BCUT2D eigenvalue weighted by molar-refractivity contribution is 0.0946. The molecule has 8 nitrogen and oxygen atoms in total. The third-order valence-corrected chi connectivity index (χ3v) is 4.64. The van der Waals surface area contributed by atoms with Crippen LogP contribution in [0.1, 0.15) is 34.9 Å². The van der Waals surface area contributed by atoms with Gasteiger partial charge in [-0.25, -0.2) is 9.67 Å². The summed E-state index contributed by atoms with van der Waals surface area (Å²) in [6, 6.07) is 13.4. The van der Waals surface area contributed by atoms with Gasteiger partial charge in [-0.05, 0) is 43.6 Å². The van der Waals surface area contributed by atoms with E-state index in [0.717, 1.165) is 37.2 Å². The minimum absolute atomic E-state index is 0.246. The molecule has 0 aliphatic carbocycles. The summed E-state index contributed by atoms with van der Waals surface area (Å²) in [5.74, 6) is 0.990. The van der Waals surface area contributed by atoms with Crippen LogP contribution in [0.25, 0.3) is 0 Å². The first-order chi connectivity index (χ1) is 13.8. The number of ether oxygens (including phenoxy) is 1. The monoisotopic (exact) mass is 378 g/mol. The van der Waals surface area contributed by atoms with Crippen LogP contribution >= 0.6 is 0 Å². The van der Waals surface area contributed by atoms with Gasteiger partial charge in [0.25, 0.3) is 5.91 Å². The number of piperidine rings is 1. The fourth-order valence-corrected chi connectivity index (χ4v) is 3.09. The smallest absolute Gasteiger partial charge is 0.273 e. The molecule has 1 aliphatic heterocycles. The zero-order valence-corrected chi connectivity index (χ0v) is 15.4. The number of amides is 1. The van der Waals surface area contributed by atoms with E-state index in [1.165, 1.54) is 0 Å². The van der Waals surface area contributed by atoms with Crippen molar-refractivity contribution < 1.29 is 9.53 Å². The van der Waals surface area contributed by atoms with E-state index in [1.54, 1.807) is 23.1 Å². The fourth-order valence-electron chi connectivity index (χ4n) is 3.09. The molecule has 1 saturated heterocycles. The number of hydrogen-bond donors (Lipinski definition) is 2. The van der Waals surface area contributed by atoms with Crippen LogP contribution in [-0.4, -0.2) is 39.0 Å². The predicted octanol–water partition coefficient (Wildman–Crippen LogP) is 2.32. The summed E-state index contributed by atoms with van der Waals surface area (Å²) in [7, 11) is 0. The number of rotatable bonds is 6. The maximum absolute atomic E-state index is 12.3. The van der Waals surface area contributed by atoms with Gasteiger partial charge in [-0.15, -0.1) is 5.10 Å². The van der Waals surface area contributed by atoms with Crippen LogP contribution in [-0.2, 0) is 6.54 Å². The number of benzene rings is 1. The lowest BCUT2D eigenvalue weighted by Gasteiger charge is -2.22. The Hall–Kier alpha value is -3.26. The third-order valence-electron chi connectivity index (χ3n) is 4.64. The molecule has 1 aliphatic rings. The zero-order valence-electron chi connectivity index (χ0n) is 15.4.